The Morgan fingerprint density at radius 3 is 2.72 bits per heavy atom. The molecule has 1 fully saturated rings. The third-order valence-electron chi connectivity index (χ3n) is 3.73. The molecule has 0 aromatic carbocycles. The summed E-state index contributed by atoms with van der Waals surface area (Å²) in [5.41, 5.74) is 5.64. The molecule has 5 atom stereocenters. The lowest BCUT2D eigenvalue weighted by Crippen LogP contribution is -2.33. The van der Waals surface area contributed by atoms with Crippen LogP contribution in [0.3, 0.4) is 0 Å². The number of aliphatic hydroxyl groups excluding tert-OH is 2. The summed E-state index contributed by atoms with van der Waals surface area (Å²) in [7, 11) is -10.6. The number of anilines is 1. The zero-order chi connectivity index (χ0) is 24.1. The topological polar surface area (TPSA) is 233 Å². The fourth-order valence-corrected chi connectivity index (χ4v) is 4.57. The quantitative estimate of drug-likeness (QED) is 0.159. The molecule has 1 aliphatic rings. The third kappa shape index (κ3) is 4.95. The number of fused-ring (bicyclic) bond motifs is 1. The second kappa shape index (κ2) is 8.17. The van der Waals surface area contributed by atoms with Crippen molar-refractivity contribution in [1.82, 2.24) is 19.5 Å². The number of phosphoric ester groups is 1. The van der Waals surface area contributed by atoms with E-state index >= 15 is 0 Å². The van der Waals surface area contributed by atoms with E-state index < -0.39 is 53.0 Å². The molecule has 29 heavy (non-hydrogen) atoms. The van der Waals surface area contributed by atoms with Crippen LogP contribution in [0.5, 0.6) is 0 Å². The van der Waals surface area contributed by atoms with E-state index in [4.69, 9.17) is 24.4 Å². The third-order valence-corrected chi connectivity index (χ3v) is 6.36. The number of phosphoric acid groups is 2. The van der Waals surface area contributed by atoms with Gasteiger partial charge in [-0.25, -0.2) is 19.1 Å². The minimum atomic E-state index is -5.35. The molecule has 0 saturated carbocycles. The number of aliphatic hydroxyl groups is 2. The first kappa shape index (κ1) is 18.6. The van der Waals surface area contributed by atoms with Crippen molar-refractivity contribution < 1.29 is 51.7 Å². The van der Waals surface area contributed by atoms with Gasteiger partial charge < -0.3 is 35.4 Å². The number of hydrogen-bond donors (Lipinski definition) is 6. The minimum absolute atomic E-state index is 0.0280. The van der Waals surface area contributed by atoms with Gasteiger partial charge in [0.2, 0.25) is 5.95 Å². The molecule has 2 aromatic rings. The molecule has 0 spiro atoms. The van der Waals surface area contributed by atoms with Gasteiger partial charge in [-0.15, -0.1) is 11.8 Å². The molecule has 3 heterocycles. The van der Waals surface area contributed by atoms with Crippen LogP contribution >= 0.6 is 27.4 Å². The lowest BCUT2D eigenvalue weighted by atomic mass is 10.1. The van der Waals surface area contributed by atoms with Crippen molar-refractivity contribution in [2.24, 2.45) is 0 Å². The summed E-state index contributed by atoms with van der Waals surface area (Å²) in [6.07, 6.45) is -7.47. The molecular formula is C11H17N5O10P2S. The molecule has 162 valence electrons. The summed E-state index contributed by atoms with van der Waals surface area (Å²) in [4.78, 5) is 38.4. The first-order valence-electron chi connectivity index (χ1n) is 9.01. The van der Waals surface area contributed by atoms with Crippen molar-refractivity contribution in [2.75, 3.05) is 18.5 Å². The predicted molar refractivity (Wildman–Crippen MR) is 96.3 cm³/mol. The van der Waals surface area contributed by atoms with Crippen LogP contribution < -0.4 is 5.73 Å². The normalized spacial score (nSPS) is 29.3. The number of nitrogens with two attached hydrogens (primary N) is 1. The van der Waals surface area contributed by atoms with Crippen molar-refractivity contribution in [3.63, 3.8) is 0 Å². The zero-order valence-corrected chi connectivity index (χ0v) is 16.6. The summed E-state index contributed by atoms with van der Waals surface area (Å²) in [5.74, 6) is -0.297. The molecule has 0 aliphatic carbocycles. The van der Waals surface area contributed by atoms with Gasteiger partial charge in [-0.2, -0.15) is 9.29 Å². The summed E-state index contributed by atoms with van der Waals surface area (Å²) in [5, 5.41) is 20.5. The van der Waals surface area contributed by atoms with Crippen molar-refractivity contribution in [3.05, 3.63) is 6.33 Å². The van der Waals surface area contributed by atoms with Crippen LogP contribution in [-0.2, 0) is 22.7 Å². The van der Waals surface area contributed by atoms with Crippen molar-refractivity contribution >= 4 is 44.5 Å². The van der Waals surface area contributed by atoms with Gasteiger partial charge in [0.05, 0.1) is 12.9 Å². The number of rotatable bonds is 7. The van der Waals surface area contributed by atoms with E-state index in [-0.39, 0.29) is 22.1 Å². The molecule has 0 amide bonds. The number of aromatic nitrogens is 4. The second-order valence-electron chi connectivity index (χ2n) is 5.70. The smallest absolute Gasteiger partial charge is 0.387 e. The maximum atomic E-state index is 11.6. The van der Waals surface area contributed by atoms with E-state index in [1.165, 1.54) is 0 Å². The average Bonchev–Trinajstić information content (AvgIpc) is 3.12. The standard InChI is InChI=1S/C11H17N5O10P2S/c1-29-9-5-8(14-11(12)15-9)16(3-13-5)10-7(18)6(17)4(25-10)2-24-28(22,23)26-27(19,20)21/h3-4,6-7,10,17-18H,2H2,1H3,(H,22,23)(H2,12,14,15)(H2,19,20,21)/t4-,6-,7-,10-/m1/s1/i1D3. The molecule has 2 aromatic heterocycles. The van der Waals surface area contributed by atoms with E-state index in [0.717, 1.165) is 10.9 Å². The maximum Gasteiger partial charge on any atom is 0.481 e. The molecule has 15 nitrogen and oxygen atoms in total. The zero-order valence-electron chi connectivity index (χ0n) is 17.0. The van der Waals surface area contributed by atoms with Crippen LogP contribution in [0.4, 0.5) is 5.95 Å². The highest BCUT2D eigenvalue weighted by Gasteiger charge is 2.46. The Labute approximate surface area is 170 Å². The monoisotopic (exact) mass is 476 g/mol. The van der Waals surface area contributed by atoms with Gasteiger partial charge in [0.25, 0.3) is 0 Å². The average molecular weight is 476 g/mol. The van der Waals surface area contributed by atoms with Crippen LogP contribution in [0, 0.1) is 0 Å². The van der Waals surface area contributed by atoms with Crippen LogP contribution in [0.2, 0.25) is 0 Å². The van der Waals surface area contributed by atoms with E-state index in [0.29, 0.717) is 11.8 Å². The fourth-order valence-electron chi connectivity index (χ4n) is 2.59. The lowest BCUT2D eigenvalue weighted by molar-refractivity contribution is -0.0503. The van der Waals surface area contributed by atoms with Crippen LogP contribution in [0.25, 0.3) is 11.2 Å². The van der Waals surface area contributed by atoms with Crippen molar-refractivity contribution in [2.45, 2.75) is 29.6 Å². The number of hydrogen-bond acceptors (Lipinski definition) is 12. The van der Waals surface area contributed by atoms with Gasteiger partial charge in [-0.3, -0.25) is 9.09 Å². The van der Waals surface area contributed by atoms with E-state index in [9.17, 15) is 24.2 Å². The summed E-state index contributed by atoms with van der Waals surface area (Å²) < 4.78 is 59.0. The SMILES string of the molecule is [2H]C([2H])([2H])Sc1nc(N)nc2c1ncn2[C@@H]1O[C@H](COP(=O)(O)OP(=O)(O)O)[C@@H](O)[C@H]1O. The molecule has 7 N–H and O–H groups in total. The highest BCUT2D eigenvalue weighted by molar-refractivity contribution is 7.98. The van der Waals surface area contributed by atoms with Gasteiger partial charge >= 0.3 is 15.6 Å². The molecule has 1 saturated heterocycles. The van der Waals surface area contributed by atoms with Gasteiger partial charge in [-0.05, 0) is 6.18 Å². The number of nitrogens with zero attached hydrogens (tertiary/aromatic N) is 4. The fraction of sp³-hybridized carbons (Fsp3) is 0.545. The van der Waals surface area contributed by atoms with Crippen molar-refractivity contribution in [1.29, 1.82) is 0 Å². The van der Waals surface area contributed by atoms with Gasteiger partial charge in [0, 0.05) is 4.11 Å². The lowest BCUT2D eigenvalue weighted by Gasteiger charge is -2.17. The number of ether oxygens (including phenoxy) is 1. The molecule has 0 radical (unpaired) electrons. The molecule has 1 unspecified atom stereocenters. The number of thioether (sulfide) groups is 1. The largest absolute Gasteiger partial charge is 0.481 e. The molecular weight excluding hydrogens is 456 g/mol. The Kier molecular flexibility index (Phi) is 5.24. The first-order chi connectivity index (χ1) is 14.6. The predicted octanol–water partition coefficient (Wildman–Crippen LogP) is -1.02. The van der Waals surface area contributed by atoms with Gasteiger partial charge in [0.15, 0.2) is 11.9 Å². The Morgan fingerprint density at radius 2 is 2.07 bits per heavy atom. The Morgan fingerprint density at radius 1 is 1.34 bits per heavy atom. The maximum absolute atomic E-state index is 11.6. The molecule has 18 heteroatoms. The number of imidazole rings is 1. The van der Waals surface area contributed by atoms with E-state index in [1.807, 2.05) is 0 Å². The van der Waals surface area contributed by atoms with E-state index in [1.54, 1.807) is 0 Å². The Bertz CT molecular complexity index is 1100. The van der Waals surface area contributed by atoms with Gasteiger partial charge in [-0.1, -0.05) is 0 Å². The van der Waals surface area contributed by atoms with Crippen molar-refractivity contribution in [3.8, 4) is 0 Å². The molecule has 1 aliphatic heterocycles. The Balaban J connectivity index is 1.83. The van der Waals surface area contributed by atoms with Crippen LogP contribution in [0.15, 0.2) is 11.4 Å². The summed E-state index contributed by atoms with van der Waals surface area (Å²) in [6, 6.07) is 0. The van der Waals surface area contributed by atoms with Crippen LogP contribution in [0.1, 0.15) is 10.3 Å². The highest BCUT2D eigenvalue weighted by Crippen LogP contribution is 2.57. The summed E-state index contributed by atoms with van der Waals surface area (Å²) in [6.45, 7) is -0.896. The number of nitrogen functional groups attached to an aromatic ring is 1. The summed E-state index contributed by atoms with van der Waals surface area (Å²) >= 11 is 0.401. The Hall–Kier alpha value is -1.16. The highest BCUT2D eigenvalue weighted by atomic mass is 32.2. The second-order valence-corrected chi connectivity index (χ2v) is 9.12. The van der Waals surface area contributed by atoms with E-state index in [2.05, 4.69) is 23.8 Å². The molecule has 0 bridgehead atoms. The van der Waals surface area contributed by atoms with Crippen LogP contribution in [-0.4, -0.2) is 75.5 Å². The van der Waals surface area contributed by atoms with Gasteiger partial charge in [0.1, 0.15) is 28.9 Å². The minimum Gasteiger partial charge on any atom is -0.387 e. The first-order valence-corrected chi connectivity index (χ1v) is 11.4. The molecule has 3 rings (SSSR count).